The number of amides is 2. The summed E-state index contributed by atoms with van der Waals surface area (Å²) in [4.78, 5) is 23.7. The number of aryl methyl sites for hydroxylation is 1. The molecule has 2 N–H and O–H groups in total. The van der Waals surface area contributed by atoms with Crippen molar-refractivity contribution in [1.29, 1.82) is 0 Å². The minimum Gasteiger partial charge on any atom is -0.322 e. The van der Waals surface area contributed by atoms with Crippen molar-refractivity contribution in [3.63, 3.8) is 0 Å². The maximum absolute atomic E-state index is 12.2. The number of hydrazone groups is 1. The zero-order chi connectivity index (χ0) is 16.9. The number of benzene rings is 2. The number of carbonyl (C=O) groups is 2. The Kier molecular flexibility index (Phi) is 4.70. The summed E-state index contributed by atoms with van der Waals surface area (Å²) in [5, 5.41) is 6.81. The molecule has 1 aliphatic rings. The van der Waals surface area contributed by atoms with Crippen molar-refractivity contribution in [2.75, 3.05) is 5.32 Å². The molecule has 1 fully saturated rings. The highest BCUT2D eigenvalue weighted by atomic mass is 16.2. The van der Waals surface area contributed by atoms with E-state index in [0.29, 0.717) is 11.3 Å². The third kappa shape index (κ3) is 4.29. The van der Waals surface area contributed by atoms with Gasteiger partial charge in [-0.15, -0.1) is 0 Å². The van der Waals surface area contributed by atoms with Crippen LogP contribution in [0.25, 0.3) is 0 Å². The van der Waals surface area contributed by atoms with Gasteiger partial charge in [-0.05, 0) is 49.6 Å². The van der Waals surface area contributed by atoms with Gasteiger partial charge in [0.15, 0.2) is 0 Å². The van der Waals surface area contributed by atoms with Crippen LogP contribution in [-0.4, -0.2) is 18.0 Å². The average Bonchev–Trinajstić information content (AvgIpc) is 3.41. The van der Waals surface area contributed by atoms with Crippen molar-refractivity contribution in [2.45, 2.75) is 19.8 Å². The smallest absolute Gasteiger partial charge is 0.255 e. The van der Waals surface area contributed by atoms with E-state index in [-0.39, 0.29) is 17.7 Å². The summed E-state index contributed by atoms with van der Waals surface area (Å²) in [6.45, 7) is 1.98. The Balaban J connectivity index is 1.61. The van der Waals surface area contributed by atoms with Crippen molar-refractivity contribution >= 4 is 23.7 Å². The normalized spacial score (nSPS) is 13.7. The molecule has 1 aliphatic carbocycles. The molecule has 0 aromatic heterocycles. The van der Waals surface area contributed by atoms with Crippen LogP contribution in [0.3, 0.4) is 0 Å². The molecular formula is C19H19N3O2. The molecule has 3 rings (SSSR count). The zero-order valence-electron chi connectivity index (χ0n) is 13.5. The first kappa shape index (κ1) is 15.9. The van der Waals surface area contributed by atoms with Crippen LogP contribution in [0.15, 0.2) is 53.6 Å². The first-order valence-electron chi connectivity index (χ1n) is 7.93. The molecule has 0 saturated heterocycles. The van der Waals surface area contributed by atoms with E-state index in [1.807, 2.05) is 37.3 Å². The van der Waals surface area contributed by atoms with Crippen LogP contribution < -0.4 is 10.7 Å². The van der Waals surface area contributed by atoms with Gasteiger partial charge in [0, 0.05) is 17.2 Å². The highest BCUT2D eigenvalue weighted by molar-refractivity contribution is 6.04. The Bertz CT molecular complexity index is 777. The topological polar surface area (TPSA) is 70.6 Å². The molecule has 0 atom stereocenters. The standard InChI is InChI=1S/C19H19N3O2/c1-13-5-7-15(8-6-13)18(23)21-17-4-2-3-14(11-17)12-20-22-19(24)16-9-10-16/h2-8,11-12,16H,9-10H2,1H3,(H,21,23)(H,22,24)/b20-12+. The van der Waals surface area contributed by atoms with Crippen molar-refractivity contribution in [3.05, 3.63) is 65.2 Å². The van der Waals surface area contributed by atoms with Gasteiger partial charge in [-0.25, -0.2) is 5.43 Å². The summed E-state index contributed by atoms with van der Waals surface area (Å²) >= 11 is 0. The Morgan fingerprint density at radius 1 is 1.12 bits per heavy atom. The summed E-state index contributed by atoms with van der Waals surface area (Å²) in [6.07, 6.45) is 3.46. The lowest BCUT2D eigenvalue weighted by Gasteiger charge is -2.06. The second kappa shape index (κ2) is 7.08. The van der Waals surface area contributed by atoms with Gasteiger partial charge in [-0.3, -0.25) is 9.59 Å². The molecular weight excluding hydrogens is 302 g/mol. The van der Waals surface area contributed by atoms with E-state index in [4.69, 9.17) is 0 Å². The zero-order valence-corrected chi connectivity index (χ0v) is 13.5. The number of carbonyl (C=O) groups excluding carboxylic acids is 2. The Hall–Kier alpha value is -2.95. The van der Waals surface area contributed by atoms with Crippen LogP contribution in [-0.2, 0) is 4.79 Å². The molecule has 5 nitrogen and oxygen atoms in total. The molecule has 5 heteroatoms. The minimum absolute atomic E-state index is 0.0323. The Morgan fingerprint density at radius 3 is 2.58 bits per heavy atom. The van der Waals surface area contributed by atoms with Crippen LogP contribution in [0.1, 0.15) is 34.3 Å². The predicted octanol–water partition coefficient (Wildman–Crippen LogP) is 3.11. The lowest BCUT2D eigenvalue weighted by atomic mass is 10.1. The molecule has 24 heavy (non-hydrogen) atoms. The molecule has 0 heterocycles. The second-order valence-corrected chi connectivity index (χ2v) is 5.95. The maximum atomic E-state index is 12.2. The number of hydrogen-bond donors (Lipinski definition) is 2. The van der Waals surface area contributed by atoms with Gasteiger partial charge in [-0.1, -0.05) is 29.8 Å². The molecule has 0 bridgehead atoms. The largest absolute Gasteiger partial charge is 0.322 e. The fraction of sp³-hybridized carbons (Fsp3) is 0.211. The Labute approximate surface area is 140 Å². The van der Waals surface area contributed by atoms with Crippen molar-refractivity contribution < 1.29 is 9.59 Å². The number of rotatable bonds is 5. The highest BCUT2D eigenvalue weighted by Gasteiger charge is 2.29. The summed E-state index contributed by atoms with van der Waals surface area (Å²) in [5.41, 5.74) is 5.72. The van der Waals surface area contributed by atoms with E-state index in [1.54, 1.807) is 24.4 Å². The molecule has 2 amide bonds. The monoisotopic (exact) mass is 321 g/mol. The number of hydrogen-bond acceptors (Lipinski definition) is 3. The molecule has 2 aromatic rings. The van der Waals surface area contributed by atoms with E-state index in [9.17, 15) is 9.59 Å². The average molecular weight is 321 g/mol. The maximum Gasteiger partial charge on any atom is 0.255 e. The van der Waals surface area contributed by atoms with E-state index >= 15 is 0 Å². The van der Waals surface area contributed by atoms with E-state index in [0.717, 1.165) is 24.0 Å². The van der Waals surface area contributed by atoms with Gasteiger partial charge in [0.05, 0.1) is 6.21 Å². The van der Waals surface area contributed by atoms with E-state index in [2.05, 4.69) is 15.8 Å². The molecule has 2 aromatic carbocycles. The summed E-state index contributed by atoms with van der Waals surface area (Å²) in [5.74, 6) is -0.0662. The second-order valence-electron chi connectivity index (χ2n) is 5.95. The Morgan fingerprint density at radius 2 is 1.88 bits per heavy atom. The van der Waals surface area contributed by atoms with E-state index in [1.165, 1.54) is 0 Å². The first-order valence-corrected chi connectivity index (χ1v) is 7.93. The van der Waals surface area contributed by atoms with E-state index < -0.39 is 0 Å². The van der Waals surface area contributed by atoms with Gasteiger partial charge >= 0.3 is 0 Å². The highest BCUT2D eigenvalue weighted by Crippen LogP contribution is 2.28. The van der Waals surface area contributed by atoms with Crippen molar-refractivity contribution in [3.8, 4) is 0 Å². The fourth-order valence-electron chi connectivity index (χ4n) is 2.21. The quantitative estimate of drug-likeness (QED) is 0.656. The number of nitrogens with one attached hydrogen (secondary N) is 2. The molecule has 0 spiro atoms. The lowest BCUT2D eigenvalue weighted by molar-refractivity contribution is -0.122. The molecule has 0 aliphatic heterocycles. The van der Waals surface area contributed by atoms with Crippen LogP contribution in [0.5, 0.6) is 0 Å². The minimum atomic E-state index is -0.161. The lowest BCUT2D eigenvalue weighted by Crippen LogP contribution is -2.19. The van der Waals surface area contributed by atoms with Gasteiger partial charge in [0.25, 0.3) is 5.91 Å². The van der Waals surface area contributed by atoms with Crippen LogP contribution >= 0.6 is 0 Å². The van der Waals surface area contributed by atoms with Gasteiger partial charge in [0.1, 0.15) is 0 Å². The van der Waals surface area contributed by atoms with Crippen molar-refractivity contribution in [1.82, 2.24) is 5.43 Å². The number of anilines is 1. The SMILES string of the molecule is Cc1ccc(C(=O)Nc2cccc(/C=N/NC(=O)C3CC3)c2)cc1. The molecule has 0 unspecified atom stereocenters. The van der Waals surface area contributed by atoms with Crippen molar-refractivity contribution in [2.24, 2.45) is 11.0 Å². The van der Waals surface area contributed by atoms with Crippen LogP contribution in [0.4, 0.5) is 5.69 Å². The molecule has 1 saturated carbocycles. The van der Waals surface area contributed by atoms with Gasteiger partial charge in [0.2, 0.25) is 5.91 Å². The summed E-state index contributed by atoms with van der Waals surface area (Å²) in [7, 11) is 0. The third-order valence-electron chi connectivity index (χ3n) is 3.79. The third-order valence-corrected chi connectivity index (χ3v) is 3.79. The summed E-state index contributed by atoms with van der Waals surface area (Å²) in [6, 6.07) is 14.7. The molecule has 0 radical (unpaired) electrons. The predicted molar refractivity (Wildman–Crippen MR) is 94.0 cm³/mol. The van der Waals surface area contributed by atoms with Gasteiger partial charge in [-0.2, -0.15) is 5.10 Å². The molecule has 122 valence electrons. The van der Waals surface area contributed by atoms with Crippen LogP contribution in [0.2, 0.25) is 0 Å². The van der Waals surface area contributed by atoms with Crippen LogP contribution in [0, 0.1) is 12.8 Å². The summed E-state index contributed by atoms with van der Waals surface area (Å²) < 4.78 is 0. The first-order chi connectivity index (χ1) is 11.6. The number of nitrogens with zero attached hydrogens (tertiary/aromatic N) is 1. The van der Waals surface area contributed by atoms with Gasteiger partial charge < -0.3 is 5.32 Å². The fourth-order valence-corrected chi connectivity index (χ4v) is 2.21.